The van der Waals surface area contributed by atoms with Crippen molar-refractivity contribution in [3.8, 4) is 5.88 Å². The van der Waals surface area contributed by atoms with Gasteiger partial charge in [0.15, 0.2) is 17.3 Å². The second kappa shape index (κ2) is 7.29. The predicted octanol–water partition coefficient (Wildman–Crippen LogP) is 1.70. The van der Waals surface area contributed by atoms with Crippen LogP contribution in [0.5, 0.6) is 5.88 Å². The molecule has 26 heavy (non-hydrogen) atoms. The number of carbonyl (C=O) groups is 1. The van der Waals surface area contributed by atoms with Crippen molar-refractivity contribution < 1.29 is 23.0 Å². The number of nitrogens with one attached hydrogen (secondary N) is 2. The van der Waals surface area contributed by atoms with Gasteiger partial charge in [0.1, 0.15) is 5.52 Å². The van der Waals surface area contributed by atoms with Crippen LogP contribution in [0.3, 0.4) is 0 Å². The van der Waals surface area contributed by atoms with Gasteiger partial charge in [-0.15, -0.1) is 0 Å². The van der Waals surface area contributed by atoms with E-state index in [0.29, 0.717) is 17.0 Å². The largest absolute Gasteiger partial charge is 0.469 e. The first-order valence-electron chi connectivity index (χ1n) is 7.50. The number of alkyl halides is 2. The topological polar surface area (TPSA) is 120 Å². The third-order valence-corrected chi connectivity index (χ3v) is 3.42. The van der Waals surface area contributed by atoms with E-state index in [1.807, 2.05) is 0 Å². The smallest absolute Gasteiger partial charge is 0.388 e. The summed E-state index contributed by atoms with van der Waals surface area (Å²) in [5.41, 5.74) is 0.988. The molecule has 0 saturated carbocycles. The van der Waals surface area contributed by atoms with Gasteiger partial charge in [-0.2, -0.15) is 19.0 Å². The second-order valence-corrected chi connectivity index (χ2v) is 5.34. The van der Waals surface area contributed by atoms with Gasteiger partial charge in [0.05, 0.1) is 32.0 Å². The lowest BCUT2D eigenvalue weighted by Gasteiger charge is -2.09. The summed E-state index contributed by atoms with van der Waals surface area (Å²) in [7, 11) is 1.32. The summed E-state index contributed by atoms with van der Waals surface area (Å²) in [6.07, 6.45) is 2.97. The summed E-state index contributed by atoms with van der Waals surface area (Å²) in [6.45, 7) is -0.975. The standard InChI is InChI=1S/C14H15F2N7O3/c1-7(13(24)25-2)6-23-12-8(4-18-23)17-5-10(20-12)19-9-3-11(22-21-9)26-14(15)16/h3-5,7,14H,6H2,1-2H3,(H2,19,20,21,22)/t7-/m0/s1. The zero-order valence-corrected chi connectivity index (χ0v) is 13.8. The second-order valence-electron chi connectivity index (χ2n) is 5.34. The van der Waals surface area contributed by atoms with E-state index in [2.05, 4.69) is 35.3 Å². The molecular weight excluding hydrogens is 352 g/mol. The average molecular weight is 367 g/mol. The van der Waals surface area contributed by atoms with Crippen molar-refractivity contribution in [1.29, 1.82) is 0 Å². The fourth-order valence-electron chi connectivity index (χ4n) is 2.23. The van der Waals surface area contributed by atoms with Crippen LogP contribution in [-0.4, -0.2) is 49.6 Å². The van der Waals surface area contributed by atoms with Gasteiger partial charge >= 0.3 is 12.6 Å². The monoisotopic (exact) mass is 367 g/mol. The molecule has 3 aromatic heterocycles. The number of carbonyl (C=O) groups excluding carboxylic acids is 1. The Morgan fingerprint density at radius 2 is 2.19 bits per heavy atom. The molecule has 0 amide bonds. The molecule has 0 bridgehead atoms. The number of nitrogens with zero attached hydrogens (tertiary/aromatic N) is 5. The van der Waals surface area contributed by atoms with Crippen LogP contribution in [0.4, 0.5) is 20.4 Å². The molecule has 0 aromatic carbocycles. The number of aromatic nitrogens is 6. The number of hydrogen-bond acceptors (Lipinski definition) is 8. The average Bonchev–Trinajstić information content (AvgIpc) is 3.20. The Balaban J connectivity index is 1.78. The SMILES string of the molecule is COC(=O)[C@@H](C)Cn1ncc2ncc(Nc3cc(OC(F)F)[nH]n3)nc21. The van der Waals surface area contributed by atoms with Crippen molar-refractivity contribution in [2.75, 3.05) is 12.4 Å². The third-order valence-electron chi connectivity index (χ3n) is 3.42. The Hall–Kier alpha value is -3.31. The number of hydrogen-bond donors (Lipinski definition) is 2. The Morgan fingerprint density at radius 3 is 2.92 bits per heavy atom. The van der Waals surface area contributed by atoms with E-state index in [0.717, 1.165) is 0 Å². The van der Waals surface area contributed by atoms with E-state index >= 15 is 0 Å². The molecule has 1 atom stereocenters. The minimum absolute atomic E-state index is 0.187. The van der Waals surface area contributed by atoms with Crippen LogP contribution < -0.4 is 10.1 Å². The fraction of sp³-hybridized carbons (Fsp3) is 0.357. The number of ether oxygens (including phenoxy) is 2. The molecule has 0 radical (unpaired) electrons. The summed E-state index contributed by atoms with van der Waals surface area (Å²) < 4.78 is 34.8. The molecule has 3 aromatic rings. The maximum absolute atomic E-state index is 12.2. The van der Waals surface area contributed by atoms with Crippen LogP contribution in [0.2, 0.25) is 0 Å². The zero-order chi connectivity index (χ0) is 18.7. The molecule has 0 fully saturated rings. The van der Waals surface area contributed by atoms with Gasteiger partial charge in [-0.3, -0.25) is 4.79 Å². The van der Waals surface area contributed by atoms with Crippen molar-refractivity contribution in [2.45, 2.75) is 20.1 Å². The summed E-state index contributed by atoms with van der Waals surface area (Å²) in [6, 6.07) is 1.26. The molecule has 10 nitrogen and oxygen atoms in total. The lowest BCUT2D eigenvalue weighted by atomic mass is 10.2. The Bertz CT molecular complexity index is 911. The van der Waals surface area contributed by atoms with Crippen LogP contribution in [-0.2, 0) is 16.1 Å². The molecule has 0 aliphatic rings. The van der Waals surface area contributed by atoms with Crippen molar-refractivity contribution in [3.05, 3.63) is 18.5 Å². The van der Waals surface area contributed by atoms with Gasteiger partial charge in [0.2, 0.25) is 5.88 Å². The normalized spacial score (nSPS) is 12.3. The Kier molecular flexibility index (Phi) is 4.91. The third kappa shape index (κ3) is 3.84. The van der Waals surface area contributed by atoms with Gasteiger partial charge in [-0.1, -0.05) is 6.92 Å². The molecule has 0 saturated heterocycles. The van der Waals surface area contributed by atoms with E-state index in [1.165, 1.54) is 30.3 Å². The number of aromatic amines is 1. The first-order chi connectivity index (χ1) is 12.5. The van der Waals surface area contributed by atoms with Crippen molar-refractivity contribution in [1.82, 2.24) is 29.9 Å². The lowest BCUT2D eigenvalue weighted by Crippen LogP contribution is -2.19. The molecule has 3 rings (SSSR count). The van der Waals surface area contributed by atoms with Gasteiger partial charge in [0.25, 0.3) is 0 Å². The summed E-state index contributed by atoms with van der Waals surface area (Å²) in [4.78, 5) is 20.2. The van der Waals surface area contributed by atoms with E-state index < -0.39 is 12.5 Å². The highest BCUT2D eigenvalue weighted by atomic mass is 19.3. The number of anilines is 2. The number of fused-ring (bicyclic) bond motifs is 1. The number of H-pyrrole nitrogens is 1. The van der Waals surface area contributed by atoms with E-state index in [-0.39, 0.29) is 24.2 Å². The van der Waals surface area contributed by atoms with E-state index in [9.17, 15) is 13.6 Å². The van der Waals surface area contributed by atoms with Gasteiger partial charge in [-0.05, 0) is 0 Å². The minimum Gasteiger partial charge on any atom is -0.469 e. The first kappa shape index (κ1) is 17.5. The quantitative estimate of drug-likeness (QED) is 0.606. The molecular formula is C14H15F2N7O3. The van der Waals surface area contributed by atoms with Crippen molar-refractivity contribution in [3.63, 3.8) is 0 Å². The van der Waals surface area contributed by atoms with Crippen LogP contribution in [0.25, 0.3) is 11.2 Å². The van der Waals surface area contributed by atoms with Crippen LogP contribution in [0.1, 0.15) is 6.92 Å². The van der Waals surface area contributed by atoms with E-state index in [1.54, 1.807) is 6.92 Å². The molecule has 0 spiro atoms. The highest BCUT2D eigenvalue weighted by molar-refractivity contribution is 5.74. The number of methoxy groups -OCH3 is 1. The molecule has 0 aliphatic carbocycles. The molecule has 2 N–H and O–H groups in total. The van der Waals surface area contributed by atoms with Crippen LogP contribution in [0.15, 0.2) is 18.5 Å². The molecule has 12 heteroatoms. The van der Waals surface area contributed by atoms with Gasteiger partial charge in [0, 0.05) is 6.07 Å². The lowest BCUT2D eigenvalue weighted by molar-refractivity contribution is -0.145. The Labute approximate surface area is 145 Å². The van der Waals surface area contributed by atoms with Gasteiger partial charge in [-0.25, -0.2) is 19.7 Å². The zero-order valence-electron chi connectivity index (χ0n) is 13.8. The summed E-state index contributed by atoms with van der Waals surface area (Å²) in [5, 5.41) is 13.1. The predicted molar refractivity (Wildman–Crippen MR) is 85.0 cm³/mol. The van der Waals surface area contributed by atoms with E-state index in [4.69, 9.17) is 4.74 Å². The van der Waals surface area contributed by atoms with Crippen LogP contribution in [0, 0.1) is 5.92 Å². The number of halogens is 2. The molecule has 0 unspecified atom stereocenters. The summed E-state index contributed by atoms with van der Waals surface area (Å²) in [5.74, 6) is -0.419. The van der Waals surface area contributed by atoms with Crippen LogP contribution >= 0.6 is 0 Å². The highest BCUT2D eigenvalue weighted by Gasteiger charge is 2.17. The molecule has 138 valence electrons. The molecule has 3 heterocycles. The number of esters is 1. The van der Waals surface area contributed by atoms with Gasteiger partial charge < -0.3 is 14.8 Å². The summed E-state index contributed by atoms with van der Waals surface area (Å²) >= 11 is 0. The Morgan fingerprint density at radius 1 is 1.38 bits per heavy atom. The maximum Gasteiger partial charge on any atom is 0.388 e. The minimum atomic E-state index is -2.95. The number of rotatable bonds is 7. The van der Waals surface area contributed by atoms with Crippen molar-refractivity contribution >= 4 is 28.8 Å². The molecule has 0 aliphatic heterocycles. The van der Waals surface area contributed by atoms with Crippen molar-refractivity contribution in [2.24, 2.45) is 5.92 Å². The fourth-order valence-corrected chi connectivity index (χ4v) is 2.23. The maximum atomic E-state index is 12.2. The first-order valence-corrected chi connectivity index (χ1v) is 7.50. The highest BCUT2D eigenvalue weighted by Crippen LogP contribution is 2.20.